The van der Waals surface area contributed by atoms with Crippen LogP contribution in [0.5, 0.6) is 0 Å². The van der Waals surface area contributed by atoms with E-state index in [9.17, 15) is 52.7 Å². The van der Waals surface area contributed by atoms with E-state index in [0.29, 0.717) is 0 Å². The van der Waals surface area contributed by atoms with E-state index in [1.807, 2.05) is 0 Å². The molecule has 0 fully saturated rings. The average molecular weight is 330 g/mol. The molecule has 0 spiro atoms. The van der Waals surface area contributed by atoms with Crippen LogP contribution in [-0.2, 0) is 0 Å². The Balaban J connectivity index is 5.72. The minimum absolute atomic E-state index is 0.361. The van der Waals surface area contributed by atoms with Gasteiger partial charge in [-0.25, -0.2) is 17.6 Å². The van der Waals surface area contributed by atoms with Gasteiger partial charge in [-0.3, -0.25) is 0 Å². The smallest absolute Gasteiger partial charge is 0.207 e. The number of alkyl halides is 12. The molecule has 0 rings (SSSR count). The highest BCUT2D eigenvalue weighted by molar-refractivity contribution is 5.05. The van der Waals surface area contributed by atoms with Crippen molar-refractivity contribution in [2.75, 3.05) is 0 Å². The molecule has 122 valence electrons. The SMILES string of the molecule is CC(F)(F)CC(F)(F)C(F)(F)C(F)(F)C(F)(F)C(F)F. The molecule has 0 aliphatic heterocycles. The minimum atomic E-state index is -7.23. The van der Waals surface area contributed by atoms with E-state index in [4.69, 9.17) is 0 Å². The summed E-state index contributed by atoms with van der Waals surface area (Å²) >= 11 is 0. The zero-order chi connectivity index (χ0) is 16.8. The van der Waals surface area contributed by atoms with Crippen LogP contribution < -0.4 is 0 Å². The van der Waals surface area contributed by atoms with Gasteiger partial charge in [0, 0.05) is 0 Å². The van der Waals surface area contributed by atoms with Gasteiger partial charge in [-0.05, 0) is 6.92 Å². The molecule has 12 heteroatoms. The predicted octanol–water partition coefficient (Wildman–Crippen LogP) is 4.84. The van der Waals surface area contributed by atoms with Crippen molar-refractivity contribution in [1.82, 2.24) is 0 Å². The molecule has 0 amide bonds. The fourth-order valence-corrected chi connectivity index (χ4v) is 1.08. The highest BCUT2D eigenvalue weighted by Crippen LogP contribution is 2.56. The van der Waals surface area contributed by atoms with Gasteiger partial charge in [-0.1, -0.05) is 0 Å². The van der Waals surface area contributed by atoms with Crippen LogP contribution in [0.2, 0.25) is 0 Å². The van der Waals surface area contributed by atoms with Crippen molar-refractivity contribution >= 4 is 0 Å². The second-order valence-corrected chi connectivity index (χ2v) is 4.02. The molecule has 0 nitrogen and oxygen atoms in total. The Labute approximate surface area is 103 Å². The Morgan fingerprint density at radius 2 is 1.05 bits per heavy atom. The summed E-state index contributed by atoms with van der Waals surface area (Å²) in [4.78, 5) is 0. The second-order valence-electron chi connectivity index (χ2n) is 4.02. The monoisotopic (exact) mass is 330 g/mol. The summed E-state index contributed by atoms with van der Waals surface area (Å²) in [6.07, 6.45) is -8.62. The lowest BCUT2D eigenvalue weighted by atomic mass is 9.95. The molecule has 0 aliphatic rings. The summed E-state index contributed by atoms with van der Waals surface area (Å²) in [5.41, 5.74) is 0. The van der Waals surface area contributed by atoms with Gasteiger partial charge in [0.05, 0.1) is 6.42 Å². The highest BCUT2D eigenvalue weighted by Gasteiger charge is 2.83. The van der Waals surface area contributed by atoms with Crippen molar-refractivity contribution in [2.45, 2.75) is 49.4 Å². The Morgan fingerprint density at radius 1 is 0.700 bits per heavy atom. The maximum atomic E-state index is 12.7. The van der Waals surface area contributed by atoms with Gasteiger partial charge in [0.25, 0.3) is 5.92 Å². The van der Waals surface area contributed by atoms with Crippen LogP contribution in [-0.4, -0.2) is 36.0 Å². The predicted molar refractivity (Wildman–Crippen MR) is 41.0 cm³/mol. The van der Waals surface area contributed by atoms with E-state index in [2.05, 4.69) is 0 Å². The van der Waals surface area contributed by atoms with Gasteiger partial charge >= 0.3 is 30.1 Å². The lowest BCUT2D eigenvalue weighted by Gasteiger charge is -2.37. The van der Waals surface area contributed by atoms with Crippen molar-refractivity contribution in [3.63, 3.8) is 0 Å². The number of hydrogen-bond donors (Lipinski definition) is 0. The molecule has 0 aromatic heterocycles. The molecule has 0 saturated carbocycles. The quantitative estimate of drug-likeness (QED) is 0.612. The normalized spacial score (nSPS) is 15.9. The standard InChI is InChI=1S/C8H6F12/c1-4(11,12)2-5(13,14)7(17,18)8(19,20)6(15,16)3(9)10/h3H,2H2,1H3. The summed E-state index contributed by atoms with van der Waals surface area (Å²) in [5.74, 6) is -32.1. The maximum Gasteiger partial charge on any atom is 0.384 e. The van der Waals surface area contributed by atoms with Crippen molar-refractivity contribution in [3.8, 4) is 0 Å². The van der Waals surface area contributed by atoms with Crippen LogP contribution in [0.4, 0.5) is 52.7 Å². The Morgan fingerprint density at radius 3 is 1.30 bits per heavy atom. The summed E-state index contributed by atoms with van der Waals surface area (Å²) in [6.45, 7) is -0.361. The molecule has 0 aromatic rings. The number of rotatable bonds is 6. The molecule has 0 aromatic carbocycles. The molecule has 0 bridgehead atoms. The first kappa shape index (κ1) is 19.2. The van der Waals surface area contributed by atoms with E-state index in [0.717, 1.165) is 0 Å². The first-order valence-corrected chi connectivity index (χ1v) is 4.57. The van der Waals surface area contributed by atoms with Crippen molar-refractivity contribution in [1.29, 1.82) is 0 Å². The van der Waals surface area contributed by atoms with Crippen molar-refractivity contribution in [3.05, 3.63) is 0 Å². The number of halogens is 12. The van der Waals surface area contributed by atoms with Gasteiger partial charge in [0.15, 0.2) is 0 Å². The second kappa shape index (κ2) is 4.86. The first-order chi connectivity index (χ1) is 8.40. The molecular weight excluding hydrogens is 324 g/mol. The van der Waals surface area contributed by atoms with Crippen molar-refractivity contribution in [2.24, 2.45) is 0 Å². The van der Waals surface area contributed by atoms with Gasteiger partial charge in [-0.2, -0.15) is 35.1 Å². The van der Waals surface area contributed by atoms with Crippen LogP contribution in [0.25, 0.3) is 0 Å². The molecule has 0 radical (unpaired) electrons. The van der Waals surface area contributed by atoms with E-state index in [1.165, 1.54) is 0 Å². The third-order valence-electron chi connectivity index (χ3n) is 2.08. The molecule has 0 atom stereocenters. The molecule has 0 saturated heterocycles. The molecule has 0 aliphatic carbocycles. The average Bonchev–Trinajstić information content (AvgIpc) is 2.12. The van der Waals surface area contributed by atoms with Crippen LogP contribution in [0, 0.1) is 0 Å². The van der Waals surface area contributed by atoms with E-state index in [-0.39, 0.29) is 6.92 Å². The van der Waals surface area contributed by atoms with E-state index >= 15 is 0 Å². The molecule has 0 unspecified atom stereocenters. The summed E-state index contributed by atoms with van der Waals surface area (Å²) in [6, 6.07) is 0. The lowest BCUT2D eigenvalue weighted by molar-refractivity contribution is -0.388. The first-order valence-electron chi connectivity index (χ1n) is 4.57. The van der Waals surface area contributed by atoms with Crippen LogP contribution >= 0.6 is 0 Å². The number of hydrogen-bond acceptors (Lipinski definition) is 0. The highest BCUT2D eigenvalue weighted by atomic mass is 19.4. The largest absolute Gasteiger partial charge is 0.384 e. The fraction of sp³-hybridized carbons (Fsp3) is 1.00. The van der Waals surface area contributed by atoms with Gasteiger partial charge < -0.3 is 0 Å². The summed E-state index contributed by atoms with van der Waals surface area (Å²) in [5, 5.41) is 0. The van der Waals surface area contributed by atoms with Crippen molar-refractivity contribution < 1.29 is 52.7 Å². The van der Waals surface area contributed by atoms with E-state index in [1.54, 1.807) is 0 Å². The molecule has 0 N–H and O–H groups in total. The topological polar surface area (TPSA) is 0 Å². The van der Waals surface area contributed by atoms with Gasteiger partial charge in [0.1, 0.15) is 0 Å². The molecular formula is C8H6F12. The van der Waals surface area contributed by atoms with Crippen LogP contribution in [0.15, 0.2) is 0 Å². The summed E-state index contributed by atoms with van der Waals surface area (Å²) in [7, 11) is 0. The maximum absolute atomic E-state index is 12.7. The zero-order valence-electron chi connectivity index (χ0n) is 9.32. The molecule has 0 heterocycles. The van der Waals surface area contributed by atoms with E-state index < -0.39 is 42.5 Å². The lowest BCUT2D eigenvalue weighted by Crippen LogP contribution is -2.64. The fourth-order valence-electron chi connectivity index (χ4n) is 1.08. The van der Waals surface area contributed by atoms with Gasteiger partial charge in [0.2, 0.25) is 0 Å². The Bertz CT molecular complexity index is 338. The minimum Gasteiger partial charge on any atom is -0.207 e. The third kappa shape index (κ3) is 3.08. The molecule has 20 heavy (non-hydrogen) atoms. The third-order valence-corrected chi connectivity index (χ3v) is 2.08. The Kier molecular flexibility index (Phi) is 4.66. The van der Waals surface area contributed by atoms with Crippen LogP contribution in [0.3, 0.4) is 0 Å². The zero-order valence-corrected chi connectivity index (χ0v) is 9.32. The van der Waals surface area contributed by atoms with Crippen LogP contribution in [0.1, 0.15) is 13.3 Å². The Hall–Kier alpha value is -0.840. The summed E-state index contributed by atoms with van der Waals surface area (Å²) < 4.78 is 148. The van der Waals surface area contributed by atoms with Gasteiger partial charge in [-0.15, -0.1) is 0 Å².